The average molecular weight is 553 g/mol. The van der Waals surface area contributed by atoms with Gasteiger partial charge in [-0.25, -0.2) is 5.43 Å². The Kier molecular flexibility index (Phi) is 10.3. The lowest BCUT2D eigenvalue weighted by Gasteiger charge is -2.14. The zero-order valence-corrected chi connectivity index (χ0v) is 20.8. The molecule has 2 aromatic rings. The molecule has 1 atom stereocenters. The van der Waals surface area contributed by atoms with Crippen molar-refractivity contribution in [3.8, 4) is 17.2 Å². The molecule has 172 valence electrons. The van der Waals surface area contributed by atoms with Crippen LogP contribution < -0.4 is 25.0 Å². The summed E-state index contributed by atoms with van der Waals surface area (Å²) in [6, 6.07) is 10.5. The average Bonchev–Trinajstić information content (AvgIpc) is 2.78. The second kappa shape index (κ2) is 12.9. The number of hydrazone groups is 1. The van der Waals surface area contributed by atoms with Crippen LogP contribution in [0.15, 0.2) is 41.5 Å². The minimum absolute atomic E-state index is 0.437. The lowest BCUT2D eigenvalue weighted by atomic mass is 10.1. The molecular formula is C23H28IN3O5. The van der Waals surface area contributed by atoms with Gasteiger partial charge in [0.2, 0.25) is 5.91 Å². The first-order valence-corrected chi connectivity index (χ1v) is 11.3. The van der Waals surface area contributed by atoms with Gasteiger partial charge in [0, 0.05) is 5.69 Å². The van der Waals surface area contributed by atoms with E-state index < -0.39 is 17.7 Å². The number of rotatable bonds is 11. The maximum Gasteiger partial charge on any atom is 0.252 e. The van der Waals surface area contributed by atoms with Gasteiger partial charge in [0.25, 0.3) is 5.91 Å². The fourth-order valence-corrected chi connectivity index (χ4v) is 3.36. The van der Waals surface area contributed by atoms with Crippen molar-refractivity contribution in [1.82, 2.24) is 5.43 Å². The third kappa shape index (κ3) is 7.40. The van der Waals surface area contributed by atoms with E-state index in [1.54, 1.807) is 37.4 Å². The first-order chi connectivity index (χ1) is 15.4. The molecule has 2 aromatic carbocycles. The summed E-state index contributed by atoms with van der Waals surface area (Å²) in [4.78, 5) is 24.7. The summed E-state index contributed by atoms with van der Waals surface area (Å²) in [5.74, 6) is 0.101. The molecule has 0 aliphatic carbocycles. The van der Waals surface area contributed by atoms with Crippen LogP contribution in [0.4, 0.5) is 5.69 Å². The maximum atomic E-state index is 12.3. The Balaban J connectivity index is 1.99. The molecule has 9 heteroatoms. The Labute approximate surface area is 201 Å². The number of anilines is 1. The van der Waals surface area contributed by atoms with Crippen molar-refractivity contribution >= 4 is 46.3 Å². The molecule has 0 aliphatic heterocycles. The van der Waals surface area contributed by atoms with Crippen LogP contribution in [-0.2, 0) is 9.59 Å². The van der Waals surface area contributed by atoms with Gasteiger partial charge in [-0.05, 0) is 84.8 Å². The van der Waals surface area contributed by atoms with E-state index in [0.717, 1.165) is 15.6 Å². The second-order valence-corrected chi connectivity index (χ2v) is 7.95. The highest BCUT2D eigenvalue weighted by molar-refractivity contribution is 14.1. The molecule has 2 N–H and O–H groups in total. The van der Waals surface area contributed by atoms with Crippen LogP contribution >= 0.6 is 22.6 Å². The van der Waals surface area contributed by atoms with Crippen LogP contribution in [-0.4, -0.2) is 38.4 Å². The predicted octanol–water partition coefficient (Wildman–Crippen LogP) is 4.21. The molecule has 32 heavy (non-hydrogen) atoms. The zero-order valence-electron chi connectivity index (χ0n) is 18.6. The van der Waals surface area contributed by atoms with Crippen LogP contribution in [0.5, 0.6) is 17.2 Å². The van der Waals surface area contributed by atoms with Crippen molar-refractivity contribution in [3.05, 3.63) is 45.5 Å². The summed E-state index contributed by atoms with van der Waals surface area (Å²) in [7, 11) is 1.56. The van der Waals surface area contributed by atoms with Crippen LogP contribution in [0.2, 0.25) is 0 Å². The van der Waals surface area contributed by atoms with Gasteiger partial charge in [0.1, 0.15) is 11.7 Å². The number of amides is 2. The van der Waals surface area contributed by atoms with E-state index in [0.29, 0.717) is 36.1 Å². The minimum Gasteiger partial charge on any atom is -0.497 e. The van der Waals surface area contributed by atoms with Crippen molar-refractivity contribution in [2.45, 2.75) is 27.2 Å². The quantitative estimate of drug-likeness (QED) is 0.188. The van der Waals surface area contributed by atoms with Crippen LogP contribution in [0, 0.1) is 9.49 Å². The molecule has 0 radical (unpaired) electrons. The Morgan fingerprint density at radius 3 is 2.47 bits per heavy atom. The van der Waals surface area contributed by atoms with Crippen LogP contribution in [0.25, 0.3) is 0 Å². The standard InChI is InChI=1S/C23H28IN3O5/c1-5-11-32-21-19(24)12-16(13-20(21)31-6-2)14-25-27-23(29)15(3)22(28)26-17-7-9-18(30-4)10-8-17/h7-10,12-15H,5-6,11H2,1-4H3,(H,26,28)(H,27,29). The summed E-state index contributed by atoms with van der Waals surface area (Å²) in [6.45, 7) is 6.54. The molecule has 0 heterocycles. The van der Waals surface area contributed by atoms with Gasteiger partial charge in [-0.1, -0.05) is 6.92 Å². The Hall–Kier alpha value is -2.82. The normalized spacial score (nSPS) is 11.7. The van der Waals surface area contributed by atoms with E-state index in [1.165, 1.54) is 13.1 Å². The molecule has 2 amide bonds. The molecule has 0 bridgehead atoms. The van der Waals surface area contributed by atoms with Crippen molar-refractivity contribution in [2.75, 3.05) is 25.6 Å². The zero-order chi connectivity index (χ0) is 23.5. The number of hydrogen-bond donors (Lipinski definition) is 2. The van der Waals surface area contributed by atoms with E-state index >= 15 is 0 Å². The third-order valence-electron chi connectivity index (χ3n) is 4.31. The number of nitrogens with one attached hydrogen (secondary N) is 2. The first-order valence-electron chi connectivity index (χ1n) is 10.3. The van der Waals surface area contributed by atoms with Crippen molar-refractivity contribution in [2.24, 2.45) is 11.0 Å². The molecule has 2 rings (SSSR count). The SMILES string of the molecule is CCCOc1c(I)cc(C=NNC(=O)C(C)C(=O)Nc2ccc(OC)cc2)cc1OCC. The molecule has 0 fully saturated rings. The van der Waals surface area contributed by atoms with Crippen LogP contribution in [0.1, 0.15) is 32.8 Å². The summed E-state index contributed by atoms with van der Waals surface area (Å²) < 4.78 is 17.4. The van der Waals surface area contributed by atoms with E-state index in [-0.39, 0.29) is 0 Å². The lowest BCUT2D eigenvalue weighted by molar-refractivity contribution is -0.131. The smallest absolute Gasteiger partial charge is 0.252 e. The number of halogens is 1. The summed E-state index contributed by atoms with van der Waals surface area (Å²) in [6.07, 6.45) is 2.39. The first kappa shape index (κ1) is 25.4. The van der Waals surface area contributed by atoms with Gasteiger partial charge in [0.05, 0.1) is 30.1 Å². The van der Waals surface area contributed by atoms with Crippen molar-refractivity contribution in [1.29, 1.82) is 0 Å². The molecule has 0 aromatic heterocycles. The molecule has 0 saturated heterocycles. The van der Waals surface area contributed by atoms with E-state index in [4.69, 9.17) is 14.2 Å². The number of ether oxygens (including phenoxy) is 3. The van der Waals surface area contributed by atoms with Gasteiger partial charge >= 0.3 is 0 Å². The second-order valence-electron chi connectivity index (χ2n) is 6.79. The largest absolute Gasteiger partial charge is 0.497 e. The van der Waals surface area contributed by atoms with Gasteiger partial charge in [0.15, 0.2) is 11.5 Å². The highest BCUT2D eigenvalue weighted by Crippen LogP contribution is 2.34. The topological polar surface area (TPSA) is 98.2 Å². The highest BCUT2D eigenvalue weighted by Gasteiger charge is 2.21. The molecule has 1 unspecified atom stereocenters. The monoisotopic (exact) mass is 553 g/mol. The Morgan fingerprint density at radius 2 is 1.84 bits per heavy atom. The van der Waals surface area contributed by atoms with Crippen molar-refractivity contribution < 1.29 is 23.8 Å². The lowest BCUT2D eigenvalue weighted by Crippen LogP contribution is -2.34. The number of nitrogens with zero attached hydrogens (tertiary/aromatic N) is 1. The summed E-state index contributed by atoms with van der Waals surface area (Å²) in [5, 5.41) is 6.68. The third-order valence-corrected chi connectivity index (χ3v) is 5.12. The van der Waals surface area contributed by atoms with Gasteiger partial charge in [-0.2, -0.15) is 5.10 Å². The molecule has 8 nitrogen and oxygen atoms in total. The van der Waals surface area contributed by atoms with E-state index in [9.17, 15) is 9.59 Å². The van der Waals surface area contributed by atoms with Gasteiger partial charge < -0.3 is 19.5 Å². The van der Waals surface area contributed by atoms with E-state index in [2.05, 4.69) is 38.4 Å². The Bertz CT molecular complexity index is 947. The Morgan fingerprint density at radius 1 is 1.12 bits per heavy atom. The summed E-state index contributed by atoms with van der Waals surface area (Å²) >= 11 is 2.18. The molecule has 0 spiro atoms. The fourth-order valence-electron chi connectivity index (χ4n) is 2.58. The van der Waals surface area contributed by atoms with Gasteiger partial charge in [-0.3, -0.25) is 9.59 Å². The van der Waals surface area contributed by atoms with E-state index in [1.807, 2.05) is 19.9 Å². The maximum absolute atomic E-state index is 12.3. The molecular weight excluding hydrogens is 525 g/mol. The predicted molar refractivity (Wildman–Crippen MR) is 133 cm³/mol. The molecule has 0 saturated carbocycles. The highest BCUT2D eigenvalue weighted by atomic mass is 127. The van der Waals surface area contributed by atoms with Gasteiger partial charge in [-0.15, -0.1) is 0 Å². The molecule has 0 aliphatic rings. The number of hydrogen-bond acceptors (Lipinski definition) is 6. The summed E-state index contributed by atoms with van der Waals surface area (Å²) in [5.41, 5.74) is 3.72. The number of benzene rings is 2. The van der Waals surface area contributed by atoms with Crippen molar-refractivity contribution in [3.63, 3.8) is 0 Å². The number of methoxy groups -OCH3 is 1. The minimum atomic E-state index is -0.932. The fraction of sp³-hybridized carbons (Fsp3) is 0.348. The number of carbonyl (C=O) groups is 2. The van der Waals surface area contributed by atoms with Crippen LogP contribution in [0.3, 0.4) is 0 Å². The number of carbonyl (C=O) groups excluding carboxylic acids is 2.